The molecule has 1 heterocycles. The van der Waals surface area contributed by atoms with Gasteiger partial charge in [0.05, 0.1) is 15.9 Å². The normalized spacial score (nSPS) is 11.4. The summed E-state index contributed by atoms with van der Waals surface area (Å²) in [4.78, 5) is 15.7. The Morgan fingerprint density at radius 2 is 1.96 bits per heavy atom. The fourth-order valence-electron chi connectivity index (χ4n) is 2.29. The van der Waals surface area contributed by atoms with Crippen LogP contribution in [0.1, 0.15) is 11.9 Å². The molecule has 9 heteroatoms. The number of fused-ring (bicyclic) bond motifs is 1. The molecule has 1 amide bonds. The Morgan fingerprint density at radius 1 is 1.19 bits per heavy atom. The smallest absolute Gasteiger partial charge is 0.422 e. The van der Waals surface area contributed by atoms with Gasteiger partial charge in [-0.3, -0.25) is 4.79 Å². The van der Waals surface area contributed by atoms with Crippen LogP contribution in [0.15, 0.2) is 42.5 Å². The van der Waals surface area contributed by atoms with Gasteiger partial charge >= 0.3 is 6.18 Å². The van der Waals surface area contributed by atoms with E-state index in [0.29, 0.717) is 5.75 Å². The Bertz CT molecular complexity index is 923. The number of ether oxygens (including phenoxy) is 2. The molecule has 3 rings (SSSR count). The van der Waals surface area contributed by atoms with E-state index < -0.39 is 18.7 Å². The molecule has 142 valence electrons. The average Bonchev–Trinajstić information content (AvgIpc) is 3.01. The van der Waals surface area contributed by atoms with Gasteiger partial charge in [0.15, 0.2) is 6.61 Å². The number of amides is 1. The fraction of sp³-hybridized carbons (Fsp3) is 0.222. The van der Waals surface area contributed by atoms with Crippen molar-refractivity contribution in [2.24, 2.45) is 0 Å². The molecule has 2 aromatic carbocycles. The van der Waals surface area contributed by atoms with Gasteiger partial charge in [-0.2, -0.15) is 13.2 Å². The second kappa shape index (κ2) is 7.83. The highest BCUT2D eigenvalue weighted by Gasteiger charge is 2.29. The van der Waals surface area contributed by atoms with Crippen molar-refractivity contribution in [2.75, 3.05) is 11.9 Å². The molecular formula is C18H15F3N2O3S. The van der Waals surface area contributed by atoms with Crippen molar-refractivity contribution in [3.8, 4) is 11.5 Å². The second-order valence-electron chi connectivity index (χ2n) is 5.61. The van der Waals surface area contributed by atoms with E-state index in [0.717, 1.165) is 15.2 Å². The van der Waals surface area contributed by atoms with Crippen molar-refractivity contribution >= 4 is 33.1 Å². The van der Waals surface area contributed by atoms with Gasteiger partial charge in [-0.1, -0.05) is 12.1 Å². The maximum Gasteiger partial charge on any atom is 0.422 e. The minimum Gasteiger partial charge on any atom is -0.486 e. The number of carbonyl (C=O) groups excluding carboxylic acids is 1. The van der Waals surface area contributed by atoms with Crippen LogP contribution in [0, 0.1) is 0 Å². The van der Waals surface area contributed by atoms with Crippen LogP contribution in [-0.4, -0.2) is 23.7 Å². The van der Waals surface area contributed by atoms with E-state index in [-0.39, 0.29) is 18.0 Å². The van der Waals surface area contributed by atoms with Crippen LogP contribution in [0.25, 0.3) is 10.2 Å². The summed E-state index contributed by atoms with van der Waals surface area (Å²) in [7, 11) is 0. The van der Waals surface area contributed by atoms with E-state index in [9.17, 15) is 18.0 Å². The summed E-state index contributed by atoms with van der Waals surface area (Å²) in [6.07, 6.45) is -4.49. The predicted molar refractivity (Wildman–Crippen MR) is 96.2 cm³/mol. The van der Waals surface area contributed by atoms with E-state index in [1.165, 1.54) is 30.4 Å². The molecule has 1 N–H and O–H groups in total. The van der Waals surface area contributed by atoms with Gasteiger partial charge in [0.2, 0.25) is 5.91 Å². The number of aromatic nitrogens is 1. The Kier molecular flexibility index (Phi) is 5.50. The van der Waals surface area contributed by atoms with Gasteiger partial charge < -0.3 is 14.8 Å². The first kappa shape index (κ1) is 19.0. The molecule has 0 unspecified atom stereocenters. The zero-order valence-corrected chi connectivity index (χ0v) is 15.0. The monoisotopic (exact) mass is 396 g/mol. The third kappa shape index (κ3) is 5.33. The van der Waals surface area contributed by atoms with E-state index in [4.69, 9.17) is 9.47 Å². The van der Waals surface area contributed by atoms with Crippen molar-refractivity contribution < 1.29 is 27.4 Å². The third-order valence-electron chi connectivity index (χ3n) is 3.36. The van der Waals surface area contributed by atoms with Gasteiger partial charge in [0.1, 0.15) is 23.1 Å². The molecule has 27 heavy (non-hydrogen) atoms. The minimum absolute atomic E-state index is 0.121. The number of benzene rings is 2. The molecule has 0 fully saturated rings. The molecule has 0 saturated carbocycles. The minimum atomic E-state index is -4.49. The van der Waals surface area contributed by atoms with Crippen LogP contribution in [0.4, 0.5) is 18.9 Å². The highest BCUT2D eigenvalue weighted by Crippen LogP contribution is 2.32. The largest absolute Gasteiger partial charge is 0.486 e. The number of alkyl halides is 3. The topological polar surface area (TPSA) is 60.5 Å². The van der Waals surface area contributed by atoms with Crippen molar-refractivity contribution in [3.63, 3.8) is 0 Å². The lowest BCUT2D eigenvalue weighted by Gasteiger charge is -2.15. The number of carbonyl (C=O) groups is 1. The maximum atomic E-state index is 12.5. The number of hydrogen-bond acceptors (Lipinski definition) is 5. The van der Waals surface area contributed by atoms with Crippen molar-refractivity contribution in [1.29, 1.82) is 0 Å². The van der Waals surface area contributed by atoms with Gasteiger partial charge in [0.25, 0.3) is 0 Å². The van der Waals surface area contributed by atoms with E-state index >= 15 is 0 Å². The highest BCUT2D eigenvalue weighted by molar-refractivity contribution is 7.18. The Balaban J connectivity index is 1.74. The van der Waals surface area contributed by atoms with Gasteiger partial charge in [0, 0.05) is 13.0 Å². The lowest BCUT2D eigenvalue weighted by atomic mass is 10.2. The number of nitrogens with one attached hydrogen (secondary N) is 1. The summed E-state index contributed by atoms with van der Waals surface area (Å²) in [5, 5.41) is 3.17. The first-order valence-corrected chi connectivity index (χ1v) is 8.70. The zero-order valence-electron chi connectivity index (χ0n) is 14.2. The summed E-state index contributed by atoms with van der Waals surface area (Å²) < 4.78 is 48.8. The molecule has 5 nitrogen and oxygen atoms in total. The van der Waals surface area contributed by atoms with Crippen LogP contribution in [0.5, 0.6) is 11.5 Å². The van der Waals surface area contributed by atoms with Crippen molar-refractivity contribution in [3.05, 3.63) is 47.5 Å². The first-order chi connectivity index (χ1) is 12.8. The number of halogens is 3. The summed E-state index contributed by atoms with van der Waals surface area (Å²) in [6, 6.07) is 11.9. The van der Waals surface area contributed by atoms with Gasteiger partial charge in [-0.25, -0.2) is 4.98 Å². The number of para-hydroxylation sites is 1. The van der Waals surface area contributed by atoms with Crippen LogP contribution in [-0.2, 0) is 11.4 Å². The average molecular weight is 396 g/mol. The van der Waals surface area contributed by atoms with E-state index in [2.05, 4.69) is 10.3 Å². The molecule has 0 spiro atoms. The van der Waals surface area contributed by atoms with Crippen LogP contribution >= 0.6 is 11.3 Å². The Hall–Kier alpha value is -2.81. The number of hydrogen-bond donors (Lipinski definition) is 1. The van der Waals surface area contributed by atoms with Gasteiger partial charge in [-0.15, -0.1) is 11.3 Å². The predicted octanol–water partition coefficient (Wildman–Crippen LogP) is 4.77. The lowest BCUT2D eigenvalue weighted by Crippen LogP contribution is -2.20. The summed E-state index contributed by atoms with van der Waals surface area (Å²) in [5.41, 5.74) is 0.996. The van der Waals surface area contributed by atoms with Crippen molar-refractivity contribution in [2.45, 2.75) is 19.7 Å². The van der Waals surface area contributed by atoms with Gasteiger partial charge in [-0.05, 0) is 24.3 Å². The van der Waals surface area contributed by atoms with Crippen molar-refractivity contribution in [1.82, 2.24) is 4.98 Å². The molecule has 0 aliphatic carbocycles. The quantitative estimate of drug-likeness (QED) is 0.652. The Labute approximate surface area is 156 Å². The fourth-order valence-corrected chi connectivity index (χ4v) is 3.17. The second-order valence-corrected chi connectivity index (χ2v) is 6.72. The maximum absolute atomic E-state index is 12.5. The lowest BCUT2D eigenvalue weighted by molar-refractivity contribution is -0.153. The number of nitrogens with zero attached hydrogens (tertiary/aromatic N) is 1. The number of anilines is 1. The summed E-state index contributed by atoms with van der Waals surface area (Å²) in [6.45, 7) is -0.0521. The highest BCUT2D eigenvalue weighted by atomic mass is 32.1. The molecule has 0 aliphatic rings. The van der Waals surface area contributed by atoms with E-state index in [1.54, 1.807) is 6.07 Å². The molecule has 0 aliphatic heterocycles. The molecule has 0 saturated heterocycles. The molecular weight excluding hydrogens is 381 g/mol. The first-order valence-electron chi connectivity index (χ1n) is 7.88. The summed E-state index contributed by atoms with van der Waals surface area (Å²) >= 11 is 1.47. The third-order valence-corrected chi connectivity index (χ3v) is 4.37. The molecule has 0 bridgehead atoms. The number of thiazole rings is 1. The van der Waals surface area contributed by atoms with E-state index in [1.807, 2.05) is 24.3 Å². The van der Waals surface area contributed by atoms with Crippen LogP contribution in [0.2, 0.25) is 0 Å². The molecule has 0 radical (unpaired) electrons. The Morgan fingerprint density at radius 3 is 2.67 bits per heavy atom. The standard InChI is InChI=1S/C18H15F3N2O3S/c1-11(24)22-13-7-6-12(8-15(13)26-10-18(19,20)21)25-9-17-23-14-4-2-3-5-16(14)27-17/h2-8H,9-10H2,1H3,(H,22,24). The zero-order chi connectivity index (χ0) is 19.4. The molecule has 0 atom stereocenters. The van der Waals surface area contributed by atoms with Crippen LogP contribution < -0.4 is 14.8 Å². The SMILES string of the molecule is CC(=O)Nc1ccc(OCc2nc3ccccc3s2)cc1OCC(F)(F)F. The number of rotatable bonds is 6. The van der Waals surface area contributed by atoms with Crippen LogP contribution in [0.3, 0.4) is 0 Å². The molecule has 1 aromatic heterocycles. The summed E-state index contributed by atoms with van der Waals surface area (Å²) in [5.74, 6) is -0.236. The molecule has 3 aromatic rings.